The lowest BCUT2D eigenvalue weighted by Gasteiger charge is -2.09. The van der Waals surface area contributed by atoms with Gasteiger partial charge in [0, 0.05) is 4.47 Å². The highest BCUT2D eigenvalue weighted by Crippen LogP contribution is 2.26. The minimum Gasteiger partial charge on any atom is -0.396 e. The van der Waals surface area contributed by atoms with Crippen LogP contribution in [0.5, 0.6) is 0 Å². The molecule has 0 heterocycles. The molecule has 2 rings (SSSR count). The number of carbonyl (C=O) groups excluding carboxylic acids is 1. The summed E-state index contributed by atoms with van der Waals surface area (Å²) in [5.74, 6) is -1.69. The van der Waals surface area contributed by atoms with Crippen molar-refractivity contribution in [2.45, 2.75) is 0 Å². The van der Waals surface area contributed by atoms with Crippen LogP contribution in [0.15, 0.2) is 34.8 Å². The first-order chi connectivity index (χ1) is 9.38. The predicted octanol–water partition coefficient (Wildman–Crippen LogP) is 4.22. The summed E-state index contributed by atoms with van der Waals surface area (Å²) in [5, 5.41) is 2.56. The fourth-order valence-electron chi connectivity index (χ4n) is 1.52. The van der Waals surface area contributed by atoms with Crippen molar-refractivity contribution in [3.63, 3.8) is 0 Å². The monoisotopic (exact) mass is 360 g/mol. The number of nitrogens with one attached hydrogen (secondary N) is 1. The largest absolute Gasteiger partial charge is 0.396 e. The first-order valence-electron chi connectivity index (χ1n) is 5.39. The molecule has 0 aliphatic carbocycles. The fraction of sp³-hybridized carbons (Fsp3) is 0. The third-order valence-corrected chi connectivity index (χ3v) is 3.48. The van der Waals surface area contributed by atoms with E-state index >= 15 is 0 Å². The van der Waals surface area contributed by atoms with Crippen LogP contribution in [0, 0.1) is 11.6 Å². The standard InChI is InChI=1S/C13H8BrClF2N2O/c14-8-5-10(17)11(18)4-7(8)13(20)19-12-2-1-6(16)3-9(12)15/h1-5H,18H2,(H,19,20). The maximum Gasteiger partial charge on any atom is 0.256 e. The molecule has 104 valence electrons. The van der Waals surface area contributed by atoms with E-state index in [1.165, 1.54) is 12.1 Å². The molecule has 3 nitrogen and oxygen atoms in total. The topological polar surface area (TPSA) is 55.1 Å². The van der Waals surface area contributed by atoms with Crippen molar-refractivity contribution in [2.24, 2.45) is 0 Å². The van der Waals surface area contributed by atoms with Crippen LogP contribution in [0.25, 0.3) is 0 Å². The van der Waals surface area contributed by atoms with Gasteiger partial charge in [0.2, 0.25) is 0 Å². The zero-order valence-electron chi connectivity index (χ0n) is 9.88. The maximum absolute atomic E-state index is 13.2. The van der Waals surface area contributed by atoms with Crippen molar-refractivity contribution in [1.29, 1.82) is 0 Å². The summed E-state index contributed by atoms with van der Waals surface area (Å²) in [6.45, 7) is 0. The number of anilines is 2. The number of halogens is 4. The minimum atomic E-state index is -0.631. The third kappa shape index (κ3) is 3.08. The highest BCUT2D eigenvalue weighted by Gasteiger charge is 2.15. The van der Waals surface area contributed by atoms with E-state index in [2.05, 4.69) is 21.2 Å². The Labute approximate surface area is 126 Å². The molecule has 0 spiro atoms. The van der Waals surface area contributed by atoms with Crippen LogP contribution in [0.3, 0.4) is 0 Å². The number of hydrogen-bond donors (Lipinski definition) is 2. The van der Waals surface area contributed by atoms with Crippen molar-refractivity contribution in [2.75, 3.05) is 11.1 Å². The molecule has 3 N–H and O–H groups in total. The molecular weight excluding hydrogens is 354 g/mol. The van der Waals surface area contributed by atoms with Crippen molar-refractivity contribution >= 4 is 44.8 Å². The van der Waals surface area contributed by atoms with Crippen LogP contribution in [0.2, 0.25) is 5.02 Å². The molecule has 0 aliphatic heterocycles. The van der Waals surface area contributed by atoms with Crippen LogP contribution in [-0.2, 0) is 0 Å². The van der Waals surface area contributed by atoms with E-state index in [4.69, 9.17) is 17.3 Å². The molecule has 0 aromatic heterocycles. The number of amides is 1. The molecule has 0 fully saturated rings. The number of rotatable bonds is 2. The molecule has 2 aromatic carbocycles. The first-order valence-corrected chi connectivity index (χ1v) is 6.56. The Bertz CT molecular complexity index is 694. The van der Waals surface area contributed by atoms with E-state index in [1.54, 1.807) is 0 Å². The Kier molecular flexibility index (Phi) is 4.25. The predicted molar refractivity (Wildman–Crippen MR) is 77.9 cm³/mol. The normalized spacial score (nSPS) is 10.4. The zero-order valence-corrected chi connectivity index (χ0v) is 12.2. The van der Waals surface area contributed by atoms with Gasteiger partial charge < -0.3 is 11.1 Å². The summed E-state index contributed by atoms with van der Waals surface area (Å²) < 4.78 is 26.4. The first kappa shape index (κ1) is 14.7. The van der Waals surface area contributed by atoms with Crippen molar-refractivity contribution < 1.29 is 13.6 Å². The van der Waals surface area contributed by atoms with E-state index in [0.29, 0.717) is 0 Å². The maximum atomic E-state index is 13.2. The molecule has 0 radical (unpaired) electrons. The molecule has 0 bridgehead atoms. The summed E-state index contributed by atoms with van der Waals surface area (Å²) in [4.78, 5) is 12.1. The molecule has 20 heavy (non-hydrogen) atoms. The third-order valence-electron chi connectivity index (χ3n) is 2.51. The minimum absolute atomic E-state index is 0.0598. The second-order valence-corrected chi connectivity index (χ2v) is 5.19. The molecule has 0 saturated carbocycles. The molecule has 0 unspecified atom stereocenters. The number of carbonyl (C=O) groups is 1. The van der Waals surface area contributed by atoms with Gasteiger partial charge in [-0.3, -0.25) is 4.79 Å². The van der Waals surface area contributed by atoms with E-state index in [1.807, 2.05) is 0 Å². The molecule has 0 atom stereocenters. The average Bonchev–Trinajstić information content (AvgIpc) is 2.37. The summed E-state index contributed by atoms with van der Waals surface area (Å²) in [5.41, 5.74) is 5.66. The van der Waals surface area contributed by atoms with Gasteiger partial charge in [0.05, 0.1) is 22.0 Å². The lowest BCUT2D eigenvalue weighted by Crippen LogP contribution is -2.14. The van der Waals surface area contributed by atoms with Crippen LogP contribution in [0.4, 0.5) is 20.2 Å². The smallest absolute Gasteiger partial charge is 0.256 e. The van der Waals surface area contributed by atoms with Crippen LogP contribution in [-0.4, -0.2) is 5.91 Å². The number of nitrogens with two attached hydrogens (primary N) is 1. The molecule has 1 amide bonds. The van der Waals surface area contributed by atoms with Crippen molar-refractivity contribution in [3.05, 3.63) is 57.0 Å². The molecule has 2 aromatic rings. The Morgan fingerprint density at radius 3 is 2.60 bits per heavy atom. The fourth-order valence-corrected chi connectivity index (χ4v) is 2.23. The second-order valence-electron chi connectivity index (χ2n) is 3.93. The van der Waals surface area contributed by atoms with Gasteiger partial charge in [-0.15, -0.1) is 0 Å². The van der Waals surface area contributed by atoms with Gasteiger partial charge in [-0.05, 0) is 46.3 Å². The van der Waals surface area contributed by atoms with Gasteiger partial charge in [-0.1, -0.05) is 11.6 Å². The molecule has 0 aliphatic rings. The molecule has 7 heteroatoms. The van der Waals surface area contributed by atoms with Gasteiger partial charge in [0.1, 0.15) is 11.6 Å². The summed E-state index contributed by atoms with van der Waals surface area (Å²) >= 11 is 8.88. The Morgan fingerprint density at radius 1 is 1.25 bits per heavy atom. The SMILES string of the molecule is Nc1cc(C(=O)Nc2ccc(F)cc2Cl)c(Br)cc1F. The number of hydrogen-bond acceptors (Lipinski definition) is 2. The lowest BCUT2D eigenvalue weighted by atomic mass is 10.1. The van der Waals surface area contributed by atoms with E-state index in [9.17, 15) is 13.6 Å². The van der Waals surface area contributed by atoms with Crippen molar-refractivity contribution in [1.82, 2.24) is 0 Å². The van der Waals surface area contributed by atoms with Crippen LogP contribution >= 0.6 is 27.5 Å². The van der Waals surface area contributed by atoms with Gasteiger partial charge in [0.25, 0.3) is 5.91 Å². The zero-order chi connectivity index (χ0) is 14.9. The Balaban J connectivity index is 2.31. The average molecular weight is 362 g/mol. The quantitative estimate of drug-likeness (QED) is 0.787. The Hall–Kier alpha value is -1.66. The highest BCUT2D eigenvalue weighted by molar-refractivity contribution is 9.10. The van der Waals surface area contributed by atoms with Crippen LogP contribution < -0.4 is 11.1 Å². The van der Waals surface area contributed by atoms with E-state index < -0.39 is 17.5 Å². The van der Waals surface area contributed by atoms with E-state index in [0.717, 1.165) is 18.2 Å². The van der Waals surface area contributed by atoms with Gasteiger partial charge >= 0.3 is 0 Å². The number of nitrogen functional groups attached to an aromatic ring is 1. The Morgan fingerprint density at radius 2 is 1.95 bits per heavy atom. The van der Waals surface area contributed by atoms with Crippen LogP contribution in [0.1, 0.15) is 10.4 Å². The van der Waals surface area contributed by atoms with Gasteiger partial charge in [0.15, 0.2) is 0 Å². The van der Waals surface area contributed by atoms with Crippen molar-refractivity contribution in [3.8, 4) is 0 Å². The second kappa shape index (κ2) is 5.76. The summed E-state index contributed by atoms with van der Waals surface area (Å²) in [7, 11) is 0. The van der Waals surface area contributed by atoms with E-state index in [-0.39, 0.29) is 26.4 Å². The molecule has 0 saturated heterocycles. The van der Waals surface area contributed by atoms with Gasteiger partial charge in [-0.25, -0.2) is 8.78 Å². The summed E-state index contributed by atoms with van der Waals surface area (Å²) in [6, 6.07) is 5.86. The number of benzene rings is 2. The molecular formula is C13H8BrClF2N2O. The van der Waals surface area contributed by atoms with Gasteiger partial charge in [-0.2, -0.15) is 0 Å². The highest BCUT2D eigenvalue weighted by atomic mass is 79.9. The summed E-state index contributed by atoms with van der Waals surface area (Å²) in [6.07, 6.45) is 0. The lowest BCUT2D eigenvalue weighted by molar-refractivity contribution is 0.102.